The molecule has 1 atom stereocenters. The Morgan fingerprint density at radius 1 is 1.27 bits per heavy atom. The highest BCUT2D eigenvalue weighted by Gasteiger charge is 2.25. The molecular weight excluding hydrogens is 502 g/mol. The highest BCUT2D eigenvalue weighted by Crippen LogP contribution is 2.30. The third-order valence-corrected chi connectivity index (χ3v) is 6.27. The number of halogens is 3. The molecule has 192 valence electrons. The normalized spacial score (nSPS) is 15.2. The van der Waals surface area contributed by atoms with Gasteiger partial charge >= 0.3 is 0 Å². The van der Waals surface area contributed by atoms with Gasteiger partial charge in [0, 0.05) is 24.7 Å². The Balaban J connectivity index is 1.51. The molecule has 1 unspecified atom stereocenters. The number of nitrogens with zero attached hydrogens (tertiary/aromatic N) is 3. The van der Waals surface area contributed by atoms with Crippen LogP contribution in [0.4, 0.5) is 20.4 Å². The van der Waals surface area contributed by atoms with Gasteiger partial charge < -0.3 is 20.7 Å². The van der Waals surface area contributed by atoms with Gasteiger partial charge in [0.2, 0.25) is 5.91 Å². The molecule has 0 aliphatic carbocycles. The van der Waals surface area contributed by atoms with Gasteiger partial charge in [-0.1, -0.05) is 24.2 Å². The molecule has 1 aromatic heterocycles. The minimum Gasteiger partial charge on any atom is -0.487 e. The van der Waals surface area contributed by atoms with Crippen LogP contribution >= 0.6 is 11.6 Å². The van der Waals surface area contributed by atoms with Crippen molar-refractivity contribution < 1.29 is 18.3 Å². The molecule has 0 spiro atoms. The number of hydrogen-bond acceptors (Lipinski definition) is 7. The number of aromatic nitrogens is 2. The van der Waals surface area contributed by atoms with E-state index in [-0.39, 0.29) is 35.1 Å². The first kappa shape index (κ1) is 26.0. The van der Waals surface area contributed by atoms with Gasteiger partial charge in [0.15, 0.2) is 11.6 Å². The summed E-state index contributed by atoms with van der Waals surface area (Å²) in [5, 5.41) is 12.3. The fourth-order valence-corrected chi connectivity index (χ4v) is 4.32. The number of ether oxygens (including phenoxy) is 1. The molecule has 2 aromatic carbocycles. The first-order valence-corrected chi connectivity index (χ1v) is 11.9. The maximum atomic E-state index is 13.4. The van der Waals surface area contributed by atoms with Crippen LogP contribution in [0, 0.1) is 17.0 Å². The second-order valence-electron chi connectivity index (χ2n) is 8.51. The summed E-state index contributed by atoms with van der Waals surface area (Å²) in [6.07, 6.45) is 4.23. The van der Waals surface area contributed by atoms with Crippen molar-refractivity contribution in [1.29, 1.82) is 5.41 Å². The largest absolute Gasteiger partial charge is 0.487 e. The topological polar surface area (TPSA) is 117 Å². The Morgan fingerprint density at radius 2 is 2.08 bits per heavy atom. The fraction of sp³-hybridized carbons (Fsp3) is 0.231. The lowest BCUT2D eigenvalue weighted by molar-refractivity contribution is -0.127. The molecule has 11 heteroatoms. The number of likely N-dealkylation sites (tertiary alicyclic amines) is 1. The molecule has 1 saturated heterocycles. The summed E-state index contributed by atoms with van der Waals surface area (Å²) in [6, 6.07) is 8.18. The van der Waals surface area contributed by atoms with Crippen molar-refractivity contribution in [3.8, 4) is 5.75 Å². The average Bonchev–Trinajstić information content (AvgIpc) is 2.89. The molecule has 1 aliphatic rings. The predicted molar refractivity (Wildman–Crippen MR) is 138 cm³/mol. The Bertz CT molecular complexity index is 1350. The number of nitrogen functional groups attached to an aromatic ring is 1. The lowest BCUT2D eigenvalue weighted by atomic mass is 10.0. The van der Waals surface area contributed by atoms with Crippen LogP contribution in [0.1, 0.15) is 29.5 Å². The number of carbonyl (C=O) groups excluding carboxylic acids is 1. The van der Waals surface area contributed by atoms with E-state index in [1.807, 2.05) is 0 Å². The standard InChI is InChI=1S/C26H25ClF2N6O2/c1-2-22(36)35-9-3-4-17(12-35)34-26-23(25(31)32-14-33-26)24(30)16-6-8-21(18(27)11-16)37-13-15-5-7-19(28)20(29)10-15/h2,5-8,10-11,14,17,30H,1,3-4,9,12-13H2,(H3,31,32,33,34). The van der Waals surface area contributed by atoms with Gasteiger partial charge in [0.1, 0.15) is 30.3 Å². The van der Waals surface area contributed by atoms with E-state index in [4.69, 9.17) is 27.5 Å². The van der Waals surface area contributed by atoms with Crippen LogP contribution in [0.25, 0.3) is 0 Å². The lowest BCUT2D eigenvalue weighted by Gasteiger charge is -2.33. The molecule has 37 heavy (non-hydrogen) atoms. The monoisotopic (exact) mass is 526 g/mol. The molecule has 1 amide bonds. The van der Waals surface area contributed by atoms with Crippen molar-refractivity contribution >= 4 is 34.9 Å². The molecule has 3 aromatic rings. The quantitative estimate of drug-likeness (QED) is 0.292. The maximum absolute atomic E-state index is 13.4. The molecule has 0 radical (unpaired) electrons. The third kappa shape index (κ3) is 6.03. The summed E-state index contributed by atoms with van der Waals surface area (Å²) in [6.45, 7) is 4.65. The first-order valence-electron chi connectivity index (χ1n) is 11.5. The fourth-order valence-electron chi connectivity index (χ4n) is 4.08. The van der Waals surface area contributed by atoms with Gasteiger partial charge in [-0.2, -0.15) is 0 Å². The van der Waals surface area contributed by atoms with Gasteiger partial charge in [-0.15, -0.1) is 0 Å². The minimum absolute atomic E-state index is 0.0198. The number of amides is 1. The SMILES string of the molecule is C=CC(=O)N1CCCC(Nc2ncnc(N)c2C(=N)c2ccc(OCc3ccc(F)c(F)c3)c(Cl)c2)C1. The Labute approximate surface area is 217 Å². The molecule has 0 bridgehead atoms. The zero-order valence-electron chi connectivity index (χ0n) is 19.8. The number of piperidine rings is 1. The van der Waals surface area contributed by atoms with Crippen molar-refractivity contribution in [3.63, 3.8) is 0 Å². The van der Waals surface area contributed by atoms with Crippen LogP contribution in [0.5, 0.6) is 5.75 Å². The number of carbonyl (C=O) groups is 1. The van der Waals surface area contributed by atoms with E-state index in [0.717, 1.165) is 25.0 Å². The molecule has 8 nitrogen and oxygen atoms in total. The van der Waals surface area contributed by atoms with E-state index in [1.165, 1.54) is 18.5 Å². The number of nitrogens with one attached hydrogen (secondary N) is 2. The van der Waals surface area contributed by atoms with E-state index < -0.39 is 11.6 Å². The summed E-state index contributed by atoms with van der Waals surface area (Å²) >= 11 is 6.40. The van der Waals surface area contributed by atoms with Crippen LogP contribution < -0.4 is 15.8 Å². The number of benzene rings is 2. The van der Waals surface area contributed by atoms with E-state index in [9.17, 15) is 13.6 Å². The molecule has 1 aliphatic heterocycles. The Hall–Kier alpha value is -4.05. The van der Waals surface area contributed by atoms with E-state index >= 15 is 0 Å². The lowest BCUT2D eigenvalue weighted by Crippen LogP contribution is -2.44. The van der Waals surface area contributed by atoms with E-state index in [0.29, 0.717) is 41.3 Å². The second kappa shape index (κ2) is 11.3. The number of rotatable bonds is 8. The van der Waals surface area contributed by atoms with Crippen LogP contribution in [0.3, 0.4) is 0 Å². The van der Waals surface area contributed by atoms with Crippen molar-refractivity contribution in [2.24, 2.45) is 0 Å². The number of hydrogen-bond donors (Lipinski definition) is 3. The Morgan fingerprint density at radius 3 is 2.81 bits per heavy atom. The maximum Gasteiger partial charge on any atom is 0.246 e. The van der Waals surface area contributed by atoms with Crippen LogP contribution in [-0.4, -0.2) is 45.6 Å². The summed E-state index contributed by atoms with van der Waals surface area (Å²) in [4.78, 5) is 22.1. The summed E-state index contributed by atoms with van der Waals surface area (Å²) < 4.78 is 32.2. The molecular formula is C26H25ClF2N6O2. The molecule has 0 saturated carbocycles. The Kier molecular flexibility index (Phi) is 7.98. The summed E-state index contributed by atoms with van der Waals surface area (Å²) in [5.74, 6) is -1.22. The number of anilines is 2. The predicted octanol–water partition coefficient (Wildman–Crippen LogP) is 4.57. The zero-order valence-corrected chi connectivity index (χ0v) is 20.6. The molecule has 2 heterocycles. The van der Waals surface area contributed by atoms with Crippen LogP contribution in [0.15, 0.2) is 55.4 Å². The summed E-state index contributed by atoms with van der Waals surface area (Å²) in [7, 11) is 0. The van der Waals surface area contributed by atoms with Gasteiger partial charge in [-0.3, -0.25) is 10.2 Å². The smallest absolute Gasteiger partial charge is 0.246 e. The van der Waals surface area contributed by atoms with Crippen LogP contribution in [-0.2, 0) is 11.4 Å². The van der Waals surface area contributed by atoms with Gasteiger partial charge in [0.05, 0.1) is 16.3 Å². The van der Waals surface area contributed by atoms with E-state index in [2.05, 4.69) is 21.9 Å². The molecule has 4 rings (SSSR count). The first-order chi connectivity index (χ1) is 17.8. The third-order valence-electron chi connectivity index (χ3n) is 5.97. The van der Waals surface area contributed by atoms with Gasteiger partial charge in [-0.05, 0) is 54.8 Å². The minimum atomic E-state index is -0.962. The van der Waals surface area contributed by atoms with Gasteiger partial charge in [-0.25, -0.2) is 18.7 Å². The number of nitrogens with two attached hydrogens (primary N) is 1. The molecule has 1 fully saturated rings. The van der Waals surface area contributed by atoms with Crippen molar-refractivity contribution in [3.05, 3.63) is 88.7 Å². The van der Waals surface area contributed by atoms with Crippen molar-refractivity contribution in [1.82, 2.24) is 14.9 Å². The van der Waals surface area contributed by atoms with E-state index in [1.54, 1.807) is 23.1 Å². The molecule has 4 N–H and O–H groups in total. The second-order valence-corrected chi connectivity index (χ2v) is 8.92. The summed E-state index contributed by atoms with van der Waals surface area (Å²) in [5.41, 5.74) is 7.38. The average molecular weight is 527 g/mol. The van der Waals surface area contributed by atoms with Gasteiger partial charge in [0.25, 0.3) is 0 Å². The zero-order chi connectivity index (χ0) is 26.5. The van der Waals surface area contributed by atoms with Crippen molar-refractivity contribution in [2.45, 2.75) is 25.5 Å². The van der Waals surface area contributed by atoms with Crippen LogP contribution in [0.2, 0.25) is 5.02 Å². The highest BCUT2D eigenvalue weighted by atomic mass is 35.5. The van der Waals surface area contributed by atoms with Crippen molar-refractivity contribution in [2.75, 3.05) is 24.1 Å². The highest BCUT2D eigenvalue weighted by molar-refractivity contribution is 6.32.